The van der Waals surface area contributed by atoms with Crippen molar-refractivity contribution in [2.24, 2.45) is 17.2 Å². The molecule has 5 nitrogen and oxygen atoms in total. The second-order valence-electron chi connectivity index (χ2n) is 2.58. The first-order valence-electron chi connectivity index (χ1n) is 4.02. The van der Waals surface area contributed by atoms with Gasteiger partial charge in [-0.05, 0) is 19.4 Å². The molecule has 1 atom stereocenters. The highest BCUT2D eigenvalue weighted by molar-refractivity contribution is 5.69. The van der Waals surface area contributed by atoms with Crippen molar-refractivity contribution in [3.63, 3.8) is 0 Å². The Kier molecular flexibility index (Phi) is 6.64. The van der Waals surface area contributed by atoms with Crippen molar-refractivity contribution in [2.75, 3.05) is 13.3 Å². The van der Waals surface area contributed by atoms with Crippen LogP contribution >= 0.6 is 0 Å². The highest BCUT2D eigenvalue weighted by Gasteiger charge is 2.08. The highest BCUT2D eigenvalue weighted by Crippen LogP contribution is 1.98. The monoisotopic (exact) mass is 175 g/mol. The van der Waals surface area contributed by atoms with Crippen LogP contribution in [0.5, 0.6) is 0 Å². The number of hydrogen-bond acceptors (Lipinski definition) is 5. The fraction of sp³-hybridized carbons (Fsp3) is 0.857. The molecule has 1 unspecified atom stereocenters. The van der Waals surface area contributed by atoms with Crippen LogP contribution in [0.25, 0.3) is 0 Å². The highest BCUT2D eigenvalue weighted by atomic mass is 16.5. The van der Waals surface area contributed by atoms with Gasteiger partial charge in [0.2, 0.25) is 0 Å². The maximum atomic E-state index is 10.8. The van der Waals surface area contributed by atoms with Crippen molar-refractivity contribution in [1.82, 2.24) is 0 Å². The first-order valence-corrected chi connectivity index (χ1v) is 4.02. The van der Waals surface area contributed by atoms with Crippen molar-refractivity contribution >= 4 is 5.97 Å². The molecule has 0 aliphatic heterocycles. The van der Waals surface area contributed by atoms with E-state index in [2.05, 4.69) is 4.74 Å². The third kappa shape index (κ3) is 6.09. The van der Waals surface area contributed by atoms with Crippen molar-refractivity contribution < 1.29 is 9.53 Å². The van der Waals surface area contributed by atoms with Gasteiger partial charge in [0.15, 0.2) is 0 Å². The Labute approximate surface area is 72.2 Å². The molecule has 12 heavy (non-hydrogen) atoms. The topological polar surface area (TPSA) is 104 Å². The molecule has 0 bridgehead atoms. The third-order valence-electron chi connectivity index (χ3n) is 1.45. The minimum atomic E-state index is -0.345. The summed E-state index contributed by atoms with van der Waals surface area (Å²) in [7, 11) is 0. The standard InChI is InChI=1S/C7H17N3O2/c8-3-1-2-6(10)4-7(11)12-5-9/h6H,1-5,8-10H2. The maximum Gasteiger partial charge on any atom is 0.308 e. The summed E-state index contributed by atoms with van der Waals surface area (Å²) < 4.78 is 4.52. The number of nitrogens with two attached hydrogens (primary N) is 3. The molecule has 0 heterocycles. The molecule has 0 aromatic heterocycles. The second-order valence-corrected chi connectivity index (χ2v) is 2.58. The zero-order valence-corrected chi connectivity index (χ0v) is 7.16. The summed E-state index contributed by atoms with van der Waals surface area (Å²) in [5.41, 5.74) is 15.9. The number of ether oxygens (including phenoxy) is 1. The van der Waals surface area contributed by atoms with Gasteiger partial charge in [-0.25, -0.2) is 0 Å². The average Bonchev–Trinajstić information content (AvgIpc) is 2.01. The minimum Gasteiger partial charge on any atom is -0.450 e. The number of hydrogen-bond donors (Lipinski definition) is 3. The lowest BCUT2D eigenvalue weighted by Crippen LogP contribution is -2.26. The summed E-state index contributed by atoms with van der Waals surface area (Å²) in [6, 6.07) is -0.160. The maximum absolute atomic E-state index is 10.8. The van der Waals surface area contributed by atoms with Gasteiger partial charge in [0.05, 0.1) is 6.42 Å². The van der Waals surface area contributed by atoms with Gasteiger partial charge in [-0.15, -0.1) is 0 Å². The molecule has 6 N–H and O–H groups in total. The summed E-state index contributed by atoms with van der Waals surface area (Å²) in [5.74, 6) is -0.345. The third-order valence-corrected chi connectivity index (χ3v) is 1.45. The van der Waals surface area contributed by atoms with E-state index in [1.165, 1.54) is 0 Å². The van der Waals surface area contributed by atoms with E-state index in [-0.39, 0.29) is 25.2 Å². The van der Waals surface area contributed by atoms with Gasteiger partial charge in [0.25, 0.3) is 0 Å². The molecule has 0 spiro atoms. The predicted molar refractivity (Wildman–Crippen MR) is 46.0 cm³/mol. The zero-order valence-electron chi connectivity index (χ0n) is 7.16. The molecule has 0 aliphatic carbocycles. The molecule has 0 saturated carbocycles. The van der Waals surface area contributed by atoms with Crippen LogP contribution in [0.15, 0.2) is 0 Å². The summed E-state index contributed by atoms with van der Waals surface area (Å²) in [5, 5.41) is 0. The Balaban J connectivity index is 3.40. The van der Waals surface area contributed by atoms with E-state index in [0.717, 1.165) is 12.8 Å². The molecule has 0 aromatic carbocycles. The molecule has 0 aromatic rings. The summed E-state index contributed by atoms with van der Waals surface area (Å²) in [6.45, 7) is 0.516. The largest absolute Gasteiger partial charge is 0.450 e. The quantitative estimate of drug-likeness (QED) is 0.351. The van der Waals surface area contributed by atoms with Crippen LogP contribution in [0.3, 0.4) is 0 Å². The van der Waals surface area contributed by atoms with Crippen LogP contribution in [0.1, 0.15) is 19.3 Å². The molecule has 0 rings (SSSR count). The molecular weight excluding hydrogens is 158 g/mol. The lowest BCUT2D eigenvalue weighted by atomic mass is 10.1. The second kappa shape index (κ2) is 7.02. The van der Waals surface area contributed by atoms with E-state index in [1.54, 1.807) is 0 Å². The van der Waals surface area contributed by atoms with Crippen LogP contribution in [0.2, 0.25) is 0 Å². The SMILES string of the molecule is NCCCC(N)CC(=O)OCN. The van der Waals surface area contributed by atoms with Crippen LogP contribution in [-0.2, 0) is 9.53 Å². The zero-order chi connectivity index (χ0) is 9.40. The number of rotatable bonds is 6. The molecular formula is C7H17N3O2. The Bertz CT molecular complexity index is 130. The van der Waals surface area contributed by atoms with E-state index in [1.807, 2.05) is 0 Å². The lowest BCUT2D eigenvalue weighted by Gasteiger charge is -2.09. The summed E-state index contributed by atoms with van der Waals surface area (Å²) >= 11 is 0. The molecule has 5 heteroatoms. The van der Waals surface area contributed by atoms with Crippen molar-refractivity contribution in [2.45, 2.75) is 25.3 Å². The van der Waals surface area contributed by atoms with Gasteiger partial charge in [-0.3, -0.25) is 10.5 Å². The van der Waals surface area contributed by atoms with Gasteiger partial charge in [-0.2, -0.15) is 0 Å². The van der Waals surface area contributed by atoms with E-state index in [0.29, 0.717) is 6.54 Å². The first-order chi connectivity index (χ1) is 5.70. The van der Waals surface area contributed by atoms with Gasteiger partial charge < -0.3 is 16.2 Å². The minimum absolute atomic E-state index is 0.0809. The molecule has 0 aliphatic rings. The van der Waals surface area contributed by atoms with Crippen molar-refractivity contribution in [1.29, 1.82) is 0 Å². The predicted octanol–water partition coefficient (Wildman–Crippen LogP) is -1.10. The average molecular weight is 175 g/mol. The smallest absolute Gasteiger partial charge is 0.308 e. The Morgan fingerprint density at radius 2 is 2.08 bits per heavy atom. The molecule has 0 radical (unpaired) electrons. The van der Waals surface area contributed by atoms with E-state index < -0.39 is 0 Å². The Hall–Kier alpha value is -0.650. The van der Waals surface area contributed by atoms with Crippen LogP contribution in [-0.4, -0.2) is 25.3 Å². The number of carbonyl (C=O) groups excluding carboxylic acids is 1. The lowest BCUT2D eigenvalue weighted by molar-refractivity contribution is -0.143. The van der Waals surface area contributed by atoms with Crippen molar-refractivity contribution in [3.05, 3.63) is 0 Å². The summed E-state index contributed by atoms with van der Waals surface area (Å²) in [4.78, 5) is 10.8. The van der Waals surface area contributed by atoms with Gasteiger partial charge in [0, 0.05) is 6.04 Å². The summed E-state index contributed by atoms with van der Waals surface area (Å²) in [6.07, 6.45) is 1.80. The number of esters is 1. The first kappa shape index (κ1) is 11.4. The molecule has 0 saturated heterocycles. The molecule has 72 valence electrons. The number of carbonyl (C=O) groups is 1. The van der Waals surface area contributed by atoms with Crippen LogP contribution < -0.4 is 17.2 Å². The van der Waals surface area contributed by atoms with Crippen LogP contribution in [0.4, 0.5) is 0 Å². The Morgan fingerprint density at radius 3 is 2.58 bits per heavy atom. The fourth-order valence-corrected chi connectivity index (χ4v) is 0.848. The normalized spacial score (nSPS) is 12.6. The van der Waals surface area contributed by atoms with Gasteiger partial charge in [-0.1, -0.05) is 0 Å². The van der Waals surface area contributed by atoms with E-state index in [9.17, 15) is 4.79 Å². The van der Waals surface area contributed by atoms with E-state index in [4.69, 9.17) is 17.2 Å². The van der Waals surface area contributed by atoms with Crippen molar-refractivity contribution in [3.8, 4) is 0 Å². The van der Waals surface area contributed by atoms with Gasteiger partial charge in [0.1, 0.15) is 6.73 Å². The van der Waals surface area contributed by atoms with Crippen LogP contribution in [0, 0.1) is 0 Å². The molecule has 0 fully saturated rings. The van der Waals surface area contributed by atoms with E-state index >= 15 is 0 Å². The Morgan fingerprint density at radius 1 is 1.42 bits per heavy atom. The molecule has 0 amide bonds. The fourth-order valence-electron chi connectivity index (χ4n) is 0.848. The van der Waals surface area contributed by atoms with Gasteiger partial charge >= 0.3 is 5.97 Å².